The van der Waals surface area contributed by atoms with E-state index in [1.807, 2.05) is 33.8 Å². The van der Waals surface area contributed by atoms with Crippen molar-refractivity contribution in [1.82, 2.24) is 10.3 Å². The zero-order valence-electron chi connectivity index (χ0n) is 12.6. The molecular formula is C14H22N4OS. The van der Waals surface area contributed by atoms with Crippen LogP contribution in [0, 0.1) is 19.3 Å². The number of amides is 1. The van der Waals surface area contributed by atoms with E-state index in [9.17, 15) is 4.79 Å². The quantitative estimate of drug-likeness (QED) is 0.717. The highest BCUT2D eigenvalue weighted by Gasteiger charge is 2.27. The molecule has 1 heterocycles. The molecule has 1 aromatic heterocycles. The molecular weight excluding hydrogens is 272 g/mol. The summed E-state index contributed by atoms with van der Waals surface area (Å²) in [6, 6.07) is 1.93. The van der Waals surface area contributed by atoms with Gasteiger partial charge in [0.1, 0.15) is 10.8 Å². The molecule has 0 bridgehead atoms. The maximum Gasteiger partial charge on any atom is 0.227 e. The zero-order valence-corrected chi connectivity index (χ0v) is 13.4. The Bertz CT molecular complexity index is 540. The minimum atomic E-state index is -0.554. The summed E-state index contributed by atoms with van der Waals surface area (Å²) in [7, 11) is 1.62. The Morgan fingerprint density at radius 3 is 2.55 bits per heavy atom. The van der Waals surface area contributed by atoms with E-state index in [-0.39, 0.29) is 5.91 Å². The number of carbonyl (C=O) groups excluding carboxylic acids is 1. The first-order valence-corrected chi connectivity index (χ1v) is 6.84. The standard InChI is InChI=1S/C14H22N4OS/c1-8-6-9(2)18-12(10(8)11(15)20)17-7-14(3,4)13(19)16-5/h6H,7H2,1-5H3,(H2,15,20)(H,16,19)(H,17,18). The number of pyridine rings is 1. The molecule has 0 saturated heterocycles. The second-order valence-corrected chi connectivity index (χ2v) is 5.92. The third-order valence-corrected chi connectivity index (χ3v) is 3.33. The third kappa shape index (κ3) is 3.66. The van der Waals surface area contributed by atoms with Gasteiger partial charge in [0.15, 0.2) is 0 Å². The molecule has 0 aliphatic heterocycles. The van der Waals surface area contributed by atoms with Crippen LogP contribution in [-0.4, -0.2) is 29.5 Å². The Hall–Kier alpha value is -1.69. The number of hydrogen-bond acceptors (Lipinski definition) is 4. The van der Waals surface area contributed by atoms with Crippen LogP contribution in [0.25, 0.3) is 0 Å². The van der Waals surface area contributed by atoms with E-state index >= 15 is 0 Å². The van der Waals surface area contributed by atoms with Crippen molar-refractivity contribution in [3.8, 4) is 0 Å². The predicted octanol–water partition coefficient (Wildman–Crippen LogP) is 1.52. The van der Waals surface area contributed by atoms with E-state index in [0.717, 1.165) is 16.8 Å². The largest absolute Gasteiger partial charge is 0.389 e. The summed E-state index contributed by atoms with van der Waals surface area (Å²) in [4.78, 5) is 16.5. The van der Waals surface area contributed by atoms with Gasteiger partial charge in [-0.2, -0.15) is 0 Å². The Morgan fingerprint density at radius 2 is 2.05 bits per heavy atom. The first kappa shape index (κ1) is 16.4. The number of thiocarbonyl (C=S) groups is 1. The van der Waals surface area contributed by atoms with E-state index in [1.165, 1.54) is 0 Å². The second-order valence-electron chi connectivity index (χ2n) is 5.48. The van der Waals surface area contributed by atoms with Gasteiger partial charge in [0.05, 0.1) is 11.0 Å². The fourth-order valence-corrected chi connectivity index (χ4v) is 2.26. The first-order valence-electron chi connectivity index (χ1n) is 6.43. The minimum Gasteiger partial charge on any atom is -0.389 e. The normalized spacial score (nSPS) is 11.1. The molecule has 4 N–H and O–H groups in total. The molecule has 0 saturated carbocycles. The number of carbonyl (C=O) groups is 1. The number of nitrogens with one attached hydrogen (secondary N) is 2. The fourth-order valence-electron chi connectivity index (χ4n) is 2.00. The van der Waals surface area contributed by atoms with Gasteiger partial charge in [-0.25, -0.2) is 4.98 Å². The van der Waals surface area contributed by atoms with Crippen LogP contribution < -0.4 is 16.4 Å². The van der Waals surface area contributed by atoms with Crippen molar-refractivity contribution in [3.05, 3.63) is 22.9 Å². The number of anilines is 1. The van der Waals surface area contributed by atoms with Crippen LogP contribution in [0.3, 0.4) is 0 Å². The molecule has 0 atom stereocenters. The summed E-state index contributed by atoms with van der Waals surface area (Å²) in [5.74, 6) is 0.596. The van der Waals surface area contributed by atoms with E-state index in [2.05, 4.69) is 15.6 Å². The van der Waals surface area contributed by atoms with Gasteiger partial charge in [0, 0.05) is 19.3 Å². The lowest BCUT2D eigenvalue weighted by Crippen LogP contribution is -2.40. The van der Waals surface area contributed by atoms with Crippen LogP contribution in [0.4, 0.5) is 5.82 Å². The fraction of sp³-hybridized carbons (Fsp3) is 0.500. The number of nitrogens with zero attached hydrogens (tertiary/aromatic N) is 1. The monoisotopic (exact) mass is 294 g/mol. The third-order valence-electron chi connectivity index (χ3n) is 3.13. The summed E-state index contributed by atoms with van der Waals surface area (Å²) in [6.07, 6.45) is 0. The van der Waals surface area contributed by atoms with Crippen LogP contribution in [0.1, 0.15) is 30.7 Å². The Kier molecular flexibility index (Phi) is 5.05. The van der Waals surface area contributed by atoms with Gasteiger partial charge in [0.25, 0.3) is 0 Å². The summed E-state index contributed by atoms with van der Waals surface area (Å²) < 4.78 is 0. The molecule has 0 aliphatic rings. The molecule has 1 rings (SSSR count). The van der Waals surface area contributed by atoms with Crippen molar-refractivity contribution in [1.29, 1.82) is 0 Å². The van der Waals surface area contributed by atoms with Crippen molar-refractivity contribution in [2.24, 2.45) is 11.1 Å². The van der Waals surface area contributed by atoms with Crippen LogP contribution in [-0.2, 0) is 4.79 Å². The lowest BCUT2D eigenvalue weighted by molar-refractivity contribution is -0.128. The van der Waals surface area contributed by atoms with E-state index in [1.54, 1.807) is 7.05 Å². The van der Waals surface area contributed by atoms with Gasteiger partial charge in [-0.3, -0.25) is 4.79 Å². The average Bonchev–Trinajstić information content (AvgIpc) is 2.33. The number of nitrogens with two attached hydrogens (primary N) is 1. The van der Waals surface area contributed by atoms with Gasteiger partial charge in [0.2, 0.25) is 5.91 Å². The highest BCUT2D eigenvalue weighted by atomic mass is 32.1. The zero-order chi connectivity index (χ0) is 15.5. The number of hydrogen-bond donors (Lipinski definition) is 3. The van der Waals surface area contributed by atoms with Gasteiger partial charge in [-0.1, -0.05) is 12.2 Å². The molecule has 5 nitrogen and oxygen atoms in total. The highest BCUT2D eigenvalue weighted by Crippen LogP contribution is 2.21. The molecule has 0 aliphatic carbocycles. The smallest absolute Gasteiger partial charge is 0.227 e. The molecule has 0 radical (unpaired) electrons. The minimum absolute atomic E-state index is 0.0359. The highest BCUT2D eigenvalue weighted by molar-refractivity contribution is 7.80. The number of aryl methyl sites for hydroxylation is 2. The molecule has 0 aromatic carbocycles. The van der Waals surface area contributed by atoms with E-state index in [0.29, 0.717) is 17.4 Å². The summed E-state index contributed by atoms with van der Waals surface area (Å²) in [5, 5.41) is 5.84. The van der Waals surface area contributed by atoms with Gasteiger partial charge in [-0.05, 0) is 39.3 Å². The molecule has 6 heteroatoms. The van der Waals surface area contributed by atoms with Crippen molar-refractivity contribution >= 4 is 28.9 Å². The molecule has 20 heavy (non-hydrogen) atoms. The number of aromatic nitrogens is 1. The van der Waals surface area contributed by atoms with Gasteiger partial charge in [-0.15, -0.1) is 0 Å². The van der Waals surface area contributed by atoms with Crippen LogP contribution in [0.2, 0.25) is 0 Å². The lowest BCUT2D eigenvalue weighted by atomic mass is 9.92. The Balaban J connectivity index is 3.04. The SMILES string of the molecule is CNC(=O)C(C)(C)CNc1nc(C)cc(C)c1C(N)=S. The maximum absolute atomic E-state index is 11.8. The van der Waals surface area contributed by atoms with E-state index in [4.69, 9.17) is 18.0 Å². The van der Waals surface area contributed by atoms with Crippen molar-refractivity contribution in [2.45, 2.75) is 27.7 Å². The Morgan fingerprint density at radius 1 is 1.45 bits per heavy atom. The van der Waals surface area contributed by atoms with Crippen LogP contribution in [0.15, 0.2) is 6.07 Å². The van der Waals surface area contributed by atoms with Gasteiger partial charge >= 0.3 is 0 Å². The molecule has 0 spiro atoms. The van der Waals surface area contributed by atoms with Crippen molar-refractivity contribution in [3.63, 3.8) is 0 Å². The van der Waals surface area contributed by atoms with Crippen LogP contribution in [0.5, 0.6) is 0 Å². The summed E-state index contributed by atoms with van der Waals surface area (Å²) >= 11 is 5.08. The van der Waals surface area contributed by atoms with Crippen LogP contribution >= 0.6 is 12.2 Å². The van der Waals surface area contributed by atoms with Gasteiger partial charge < -0.3 is 16.4 Å². The molecule has 1 amide bonds. The lowest BCUT2D eigenvalue weighted by Gasteiger charge is -2.24. The first-order chi connectivity index (χ1) is 9.19. The second kappa shape index (κ2) is 6.17. The Labute approximate surface area is 125 Å². The van der Waals surface area contributed by atoms with Crippen molar-refractivity contribution in [2.75, 3.05) is 18.9 Å². The topological polar surface area (TPSA) is 80.0 Å². The summed E-state index contributed by atoms with van der Waals surface area (Å²) in [6.45, 7) is 8.02. The maximum atomic E-state index is 11.8. The summed E-state index contributed by atoms with van der Waals surface area (Å²) in [5.41, 5.74) is 7.80. The number of rotatable bonds is 5. The molecule has 110 valence electrons. The van der Waals surface area contributed by atoms with E-state index < -0.39 is 5.41 Å². The molecule has 0 unspecified atom stereocenters. The average molecular weight is 294 g/mol. The molecule has 0 fully saturated rings. The predicted molar refractivity (Wildman–Crippen MR) is 85.9 cm³/mol. The van der Waals surface area contributed by atoms with Crippen molar-refractivity contribution < 1.29 is 4.79 Å². The molecule has 1 aromatic rings.